The Hall–Kier alpha value is -4.00. The van der Waals surface area contributed by atoms with E-state index in [0.717, 1.165) is 0 Å². The molecule has 0 aliphatic rings. The number of carbonyl (C=O) groups is 1. The zero-order valence-electron chi connectivity index (χ0n) is 20.9. The lowest BCUT2D eigenvalue weighted by Crippen LogP contribution is -2.42. The standard InChI is InChI=1S/C26H29N5O6S/c1-26(2,11-12-31-17-28-21-15-27-24(14-22(21)31)37-25(33)34)29-16-23(32)18-7-6-8-19(13-18)30-38(35,36)20-9-4-3-5-10-20/h3-10,13-15,17,23,29-30,32H,11-12,16H2,1-2H3,(H,33,34). The van der Waals surface area contributed by atoms with Gasteiger partial charge in [-0.2, -0.15) is 0 Å². The molecule has 11 nitrogen and oxygen atoms in total. The summed E-state index contributed by atoms with van der Waals surface area (Å²) in [7, 11) is -3.74. The van der Waals surface area contributed by atoms with Gasteiger partial charge >= 0.3 is 6.16 Å². The van der Waals surface area contributed by atoms with E-state index in [9.17, 15) is 18.3 Å². The second-order valence-corrected chi connectivity index (χ2v) is 11.1. The minimum Gasteiger partial charge on any atom is -0.449 e. The Morgan fingerprint density at radius 2 is 1.87 bits per heavy atom. The molecule has 4 aromatic rings. The normalized spacial score (nSPS) is 12.8. The molecule has 2 aromatic carbocycles. The number of β-amino-alcohol motifs (C(OH)–C–C–N with tert-alkyl or cyclic N) is 1. The van der Waals surface area contributed by atoms with Gasteiger partial charge < -0.3 is 24.8 Å². The number of benzene rings is 2. The van der Waals surface area contributed by atoms with Crippen molar-refractivity contribution in [3.63, 3.8) is 0 Å². The van der Waals surface area contributed by atoms with Gasteiger partial charge in [-0.05, 0) is 50.1 Å². The van der Waals surface area contributed by atoms with Gasteiger partial charge in [-0.25, -0.2) is 23.2 Å². The first-order chi connectivity index (χ1) is 18.0. The van der Waals surface area contributed by atoms with Crippen LogP contribution in [0.4, 0.5) is 10.5 Å². The maximum Gasteiger partial charge on any atom is 0.512 e. The summed E-state index contributed by atoms with van der Waals surface area (Å²) in [5, 5.41) is 23.0. The van der Waals surface area contributed by atoms with Crippen LogP contribution in [0.3, 0.4) is 0 Å². The fourth-order valence-corrected chi connectivity index (χ4v) is 4.94. The Balaban J connectivity index is 1.36. The van der Waals surface area contributed by atoms with Crippen molar-refractivity contribution in [2.75, 3.05) is 11.3 Å². The molecule has 0 radical (unpaired) electrons. The van der Waals surface area contributed by atoms with E-state index < -0.39 is 22.3 Å². The number of aliphatic hydroxyl groups is 1. The van der Waals surface area contributed by atoms with Crippen LogP contribution in [0.15, 0.2) is 78.1 Å². The lowest BCUT2D eigenvalue weighted by molar-refractivity contribution is 0.142. The highest BCUT2D eigenvalue weighted by molar-refractivity contribution is 7.92. The summed E-state index contributed by atoms with van der Waals surface area (Å²) in [5.74, 6) is -0.0273. The molecule has 0 aliphatic carbocycles. The van der Waals surface area contributed by atoms with E-state index in [0.29, 0.717) is 35.2 Å². The number of sulfonamides is 1. The largest absolute Gasteiger partial charge is 0.512 e. The monoisotopic (exact) mass is 539 g/mol. The molecule has 0 saturated carbocycles. The van der Waals surface area contributed by atoms with Crippen LogP contribution in [0.5, 0.6) is 5.88 Å². The first kappa shape index (κ1) is 27.0. The van der Waals surface area contributed by atoms with Crippen molar-refractivity contribution in [2.45, 2.75) is 43.4 Å². The smallest absolute Gasteiger partial charge is 0.449 e. The summed E-state index contributed by atoms with van der Waals surface area (Å²) in [5.41, 5.74) is 1.86. The van der Waals surface area contributed by atoms with Gasteiger partial charge in [-0.3, -0.25) is 4.72 Å². The van der Waals surface area contributed by atoms with Crippen LogP contribution in [0, 0.1) is 0 Å². The number of hydrogen-bond donors (Lipinski definition) is 4. The Morgan fingerprint density at radius 1 is 1.11 bits per heavy atom. The molecule has 200 valence electrons. The molecule has 1 unspecified atom stereocenters. The van der Waals surface area contributed by atoms with Crippen molar-refractivity contribution in [2.24, 2.45) is 0 Å². The zero-order chi connectivity index (χ0) is 27.3. The van der Waals surface area contributed by atoms with Crippen LogP contribution in [-0.2, 0) is 16.6 Å². The highest BCUT2D eigenvalue weighted by Gasteiger charge is 2.21. The predicted molar refractivity (Wildman–Crippen MR) is 142 cm³/mol. The van der Waals surface area contributed by atoms with Crippen molar-refractivity contribution < 1.29 is 28.2 Å². The van der Waals surface area contributed by atoms with Crippen molar-refractivity contribution in [1.29, 1.82) is 0 Å². The van der Waals surface area contributed by atoms with Gasteiger partial charge in [-0.15, -0.1) is 0 Å². The third-order valence-corrected chi connectivity index (χ3v) is 7.40. The summed E-state index contributed by atoms with van der Waals surface area (Å²) >= 11 is 0. The maximum absolute atomic E-state index is 12.6. The molecule has 1 atom stereocenters. The number of fused-ring (bicyclic) bond motifs is 1. The molecule has 0 fully saturated rings. The van der Waals surface area contributed by atoms with Crippen LogP contribution in [0.25, 0.3) is 11.0 Å². The molecule has 2 heterocycles. The van der Waals surface area contributed by atoms with E-state index >= 15 is 0 Å². The topological polar surface area (TPSA) is 156 Å². The van der Waals surface area contributed by atoms with Crippen LogP contribution >= 0.6 is 0 Å². The minimum absolute atomic E-state index is 0.0273. The van der Waals surface area contributed by atoms with Gasteiger partial charge in [0.2, 0.25) is 5.88 Å². The highest BCUT2D eigenvalue weighted by atomic mass is 32.2. The molecule has 0 amide bonds. The third-order valence-electron chi connectivity index (χ3n) is 6.00. The quantitative estimate of drug-likeness (QED) is 0.208. The van der Waals surface area contributed by atoms with Crippen LogP contribution in [0.1, 0.15) is 31.9 Å². The predicted octanol–water partition coefficient (Wildman–Crippen LogP) is 3.78. The first-order valence-electron chi connectivity index (χ1n) is 11.8. The molecule has 0 spiro atoms. The molecule has 4 N–H and O–H groups in total. The number of ether oxygens (including phenoxy) is 1. The van der Waals surface area contributed by atoms with Gasteiger partial charge in [0.05, 0.1) is 29.0 Å². The Kier molecular flexibility index (Phi) is 7.95. The second kappa shape index (κ2) is 11.2. The van der Waals surface area contributed by atoms with Crippen molar-refractivity contribution >= 4 is 32.9 Å². The number of aryl methyl sites for hydroxylation is 1. The molecule has 38 heavy (non-hydrogen) atoms. The van der Waals surface area contributed by atoms with Gasteiger partial charge in [0.25, 0.3) is 10.0 Å². The van der Waals surface area contributed by atoms with Crippen molar-refractivity contribution in [1.82, 2.24) is 19.9 Å². The van der Waals surface area contributed by atoms with Gasteiger partial charge in [0, 0.05) is 30.4 Å². The molecular formula is C26H29N5O6S. The Bertz CT molecular complexity index is 1520. The van der Waals surface area contributed by atoms with Gasteiger partial charge in [-0.1, -0.05) is 30.3 Å². The summed E-state index contributed by atoms with van der Waals surface area (Å²) < 4.78 is 34.3. The van der Waals surface area contributed by atoms with Gasteiger partial charge in [0.15, 0.2) is 0 Å². The van der Waals surface area contributed by atoms with E-state index in [2.05, 4.69) is 24.7 Å². The Labute approximate surface area is 220 Å². The zero-order valence-corrected chi connectivity index (χ0v) is 21.7. The van der Waals surface area contributed by atoms with Crippen LogP contribution in [0.2, 0.25) is 0 Å². The van der Waals surface area contributed by atoms with E-state index in [4.69, 9.17) is 5.11 Å². The number of nitrogens with one attached hydrogen (secondary N) is 2. The second-order valence-electron chi connectivity index (χ2n) is 9.39. The lowest BCUT2D eigenvalue weighted by atomic mass is 9.99. The fraction of sp³-hybridized carbons (Fsp3) is 0.269. The highest BCUT2D eigenvalue weighted by Crippen LogP contribution is 2.23. The molecule has 2 aromatic heterocycles. The number of nitrogens with zero attached hydrogens (tertiary/aromatic N) is 3. The number of imidazole rings is 1. The third kappa shape index (κ3) is 6.85. The Morgan fingerprint density at radius 3 is 2.61 bits per heavy atom. The van der Waals surface area contributed by atoms with E-state index in [1.54, 1.807) is 48.8 Å². The lowest BCUT2D eigenvalue weighted by Gasteiger charge is -2.28. The molecule has 0 aliphatic heterocycles. The fourth-order valence-electron chi connectivity index (χ4n) is 3.87. The summed E-state index contributed by atoms with van der Waals surface area (Å²) in [6.45, 7) is 4.82. The minimum atomic E-state index is -3.74. The van der Waals surface area contributed by atoms with Gasteiger partial charge in [0.1, 0.15) is 5.52 Å². The SMILES string of the molecule is CC(C)(CCn1cnc2cnc(OC(=O)O)cc21)NCC(O)c1cccc(NS(=O)(=O)c2ccccc2)c1. The molecule has 0 saturated heterocycles. The number of hydrogen-bond acceptors (Lipinski definition) is 8. The average molecular weight is 540 g/mol. The van der Waals surface area contributed by atoms with E-state index in [-0.39, 0.29) is 22.9 Å². The van der Waals surface area contributed by atoms with Crippen LogP contribution < -0.4 is 14.8 Å². The molecular weight excluding hydrogens is 510 g/mol. The summed E-state index contributed by atoms with van der Waals surface area (Å²) in [4.78, 5) is 19.2. The molecule has 12 heteroatoms. The summed E-state index contributed by atoms with van der Waals surface area (Å²) in [6.07, 6.45) is 1.47. The maximum atomic E-state index is 12.6. The number of carboxylic acid groups (broad SMARTS) is 1. The number of aliphatic hydroxyl groups excluding tert-OH is 1. The number of rotatable bonds is 11. The number of aromatic nitrogens is 3. The van der Waals surface area contributed by atoms with E-state index in [1.165, 1.54) is 24.4 Å². The van der Waals surface area contributed by atoms with Crippen LogP contribution in [-0.4, -0.2) is 51.4 Å². The average Bonchev–Trinajstić information content (AvgIpc) is 3.28. The number of anilines is 1. The van der Waals surface area contributed by atoms with Crippen molar-refractivity contribution in [3.05, 3.63) is 78.8 Å². The summed E-state index contributed by atoms with van der Waals surface area (Å²) in [6, 6.07) is 16.3. The van der Waals surface area contributed by atoms with Crippen molar-refractivity contribution in [3.8, 4) is 5.88 Å². The molecule has 0 bridgehead atoms. The van der Waals surface area contributed by atoms with E-state index in [1.807, 2.05) is 18.4 Å². The molecule has 4 rings (SSSR count). The number of pyridine rings is 1. The first-order valence-corrected chi connectivity index (χ1v) is 13.3.